The first kappa shape index (κ1) is 20.4. The molecule has 3 heterocycles. The van der Waals surface area contributed by atoms with Crippen molar-refractivity contribution < 1.29 is 19.4 Å². The number of nitrogens with zero attached hydrogens (tertiary/aromatic N) is 2. The summed E-state index contributed by atoms with van der Waals surface area (Å²) < 4.78 is 6.36. The van der Waals surface area contributed by atoms with Crippen molar-refractivity contribution in [2.75, 3.05) is 13.1 Å². The van der Waals surface area contributed by atoms with Crippen molar-refractivity contribution in [3.63, 3.8) is 0 Å². The van der Waals surface area contributed by atoms with Gasteiger partial charge >= 0.3 is 5.97 Å². The molecule has 1 aromatic heterocycles. The highest BCUT2D eigenvalue weighted by molar-refractivity contribution is 6.01. The molecule has 6 heteroatoms. The summed E-state index contributed by atoms with van der Waals surface area (Å²) in [7, 11) is 0. The van der Waals surface area contributed by atoms with Crippen molar-refractivity contribution in [3.05, 3.63) is 77.5 Å². The number of ether oxygens (including phenoxy) is 1. The summed E-state index contributed by atoms with van der Waals surface area (Å²) in [6.07, 6.45) is 4.48. The van der Waals surface area contributed by atoms with Crippen molar-refractivity contribution in [2.24, 2.45) is 0 Å². The quantitative estimate of drug-likeness (QED) is 0.623. The lowest BCUT2D eigenvalue weighted by Gasteiger charge is -2.44. The zero-order valence-corrected chi connectivity index (χ0v) is 17.7. The van der Waals surface area contributed by atoms with E-state index >= 15 is 0 Å². The average molecular weight is 428 g/mol. The molecule has 2 aliphatic heterocycles. The smallest absolute Gasteiger partial charge is 0.328 e. The van der Waals surface area contributed by atoms with Crippen molar-refractivity contribution >= 4 is 28.7 Å². The molecule has 3 aromatic rings. The molecule has 1 N–H and O–H groups in total. The number of pyridine rings is 1. The third kappa shape index (κ3) is 4.14. The molecule has 0 atom stereocenters. The number of hydrogen-bond acceptors (Lipinski definition) is 5. The van der Waals surface area contributed by atoms with E-state index in [4.69, 9.17) is 14.8 Å². The number of carboxylic acid groups (broad SMARTS) is 1. The lowest BCUT2D eigenvalue weighted by atomic mass is 9.82. The second-order valence-electron chi connectivity index (χ2n) is 8.58. The van der Waals surface area contributed by atoms with Crippen LogP contribution in [-0.4, -0.2) is 45.4 Å². The van der Waals surface area contributed by atoms with Gasteiger partial charge in [0.15, 0.2) is 5.78 Å². The van der Waals surface area contributed by atoms with Crippen LogP contribution in [-0.2, 0) is 11.3 Å². The Labute approximate surface area is 186 Å². The number of carbonyl (C=O) groups is 2. The number of benzene rings is 2. The second-order valence-corrected chi connectivity index (χ2v) is 8.58. The zero-order valence-electron chi connectivity index (χ0n) is 17.7. The van der Waals surface area contributed by atoms with Crippen LogP contribution < -0.4 is 4.74 Å². The van der Waals surface area contributed by atoms with E-state index in [0.717, 1.165) is 55.1 Å². The van der Waals surface area contributed by atoms with Gasteiger partial charge in [-0.15, -0.1) is 0 Å². The Morgan fingerprint density at radius 3 is 2.75 bits per heavy atom. The monoisotopic (exact) mass is 428 g/mol. The van der Waals surface area contributed by atoms with Crippen LogP contribution >= 0.6 is 0 Å². The number of aromatic nitrogens is 1. The minimum Gasteiger partial charge on any atom is -0.486 e. The van der Waals surface area contributed by atoms with E-state index in [-0.39, 0.29) is 5.78 Å². The number of fused-ring (bicyclic) bond motifs is 2. The topological polar surface area (TPSA) is 79.7 Å². The molecule has 0 saturated carbocycles. The van der Waals surface area contributed by atoms with Crippen LogP contribution in [0.1, 0.15) is 40.9 Å². The second kappa shape index (κ2) is 8.20. The van der Waals surface area contributed by atoms with E-state index in [0.29, 0.717) is 23.3 Å². The van der Waals surface area contributed by atoms with Crippen LogP contribution in [0.2, 0.25) is 0 Å². The van der Waals surface area contributed by atoms with Crippen LogP contribution in [0.15, 0.2) is 60.7 Å². The fourth-order valence-electron chi connectivity index (χ4n) is 4.61. The fourth-order valence-corrected chi connectivity index (χ4v) is 4.61. The molecular weight excluding hydrogens is 404 g/mol. The van der Waals surface area contributed by atoms with Crippen LogP contribution in [0.4, 0.5) is 0 Å². The maximum Gasteiger partial charge on any atom is 0.328 e. The molecule has 2 aromatic carbocycles. The fraction of sp³-hybridized carbons (Fsp3) is 0.269. The number of hydrogen-bond donors (Lipinski definition) is 1. The molecule has 1 spiro atoms. The Hall–Kier alpha value is -3.51. The zero-order chi connectivity index (χ0) is 22.1. The first-order valence-electron chi connectivity index (χ1n) is 10.8. The van der Waals surface area contributed by atoms with Gasteiger partial charge in [-0.25, -0.2) is 4.79 Å². The van der Waals surface area contributed by atoms with Gasteiger partial charge in [-0.05, 0) is 35.9 Å². The van der Waals surface area contributed by atoms with Gasteiger partial charge in [0.25, 0.3) is 0 Å². The summed E-state index contributed by atoms with van der Waals surface area (Å²) in [4.78, 5) is 30.8. The summed E-state index contributed by atoms with van der Waals surface area (Å²) in [5.41, 5.74) is 2.81. The standard InChI is InChI=1S/C26H24N2O4/c29-23-16-26(32-24-9-5-18(15-21(23)24)6-10-25(30)31)11-13-28(14-12-26)17-20-8-7-19-3-1-2-4-22(19)27-20/h1-10,15H,11-14,16-17H2,(H,30,31)/b10-6+. The van der Waals surface area contributed by atoms with Gasteiger partial charge in [0, 0.05) is 43.9 Å². The first-order chi connectivity index (χ1) is 15.5. The van der Waals surface area contributed by atoms with Gasteiger partial charge in [0.2, 0.25) is 0 Å². The number of piperidine rings is 1. The van der Waals surface area contributed by atoms with Crippen molar-refractivity contribution in [1.82, 2.24) is 9.88 Å². The predicted molar refractivity (Wildman–Crippen MR) is 122 cm³/mol. The van der Waals surface area contributed by atoms with Gasteiger partial charge in [-0.2, -0.15) is 0 Å². The highest BCUT2D eigenvalue weighted by atomic mass is 16.5. The molecule has 0 radical (unpaired) electrons. The van der Waals surface area contributed by atoms with E-state index < -0.39 is 11.6 Å². The lowest BCUT2D eigenvalue weighted by molar-refractivity contribution is -0.131. The maximum atomic E-state index is 12.9. The third-order valence-electron chi connectivity index (χ3n) is 6.34. The highest BCUT2D eigenvalue weighted by Gasteiger charge is 2.42. The van der Waals surface area contributed by atoms with Gasteiger partial charge in [-0.1, -0.05) is 30.3 Å². The molecule has 1 fully saturated rings. The molecule has 0 unspecified atom stereocenters. The van der Waals surface area contributed by atoms with Gasteiger partial charge in [-0.3, -0.25) is 14.7 Å². The van der Waals surface area contributed by atoms with Crippen molar-refractivity contribution in [1.29, 1.82) is 0 Å². The summed E-state index contributed by atoms with van der Waals surface area (Å²) in [5.74, 6) is -0.366. The number of Topliss-reactive ketones (excluding diaryl/α,β-unsaturated/α-hetero) is 1. The Morgan fingerprint density at radius 1 is 1.12 bits per heavy atom. The average Bonchev–Trinajstić information content (AvgIpc) is 2.79. The normalized spacial score (nSPS) is 18.1. The molecule has 6 nitrogen and oxygen atoms in total. The maximum absolute atomic E-state index is 12.9. The molecule has 2 aliphatic rings. The minimum atomic E-state index is -1.02. The molecular formula is C26H24N2O4. The summed E-state index contributed by atoms with van der Waals surface area (Å²) in [6.45, 7) is 2.47. The van der Waals surface area contributed by atoms with Crippen molar-refractivity contribution in [3.8, 4) is 5.75 Å². The van der Waals surface area contributed by atoms with Crippen LogP contribution in [0.3, 0.4) is 0 Å². The SMILES string of the molecule is O=C(O)/C=C/c1ccc2c(c1)C(=O)CC1(CCN(Cc3ccc4ccccc4n3)CC1)O2. The molecule has 5 rings (SSSR count). The summed E-state index contributed by atoms with van der Waals surface area (Å²) >= 11 is 0. The van der Waals surface area contributed by atoms with Crippen LogP contribution in [0.25, 0.3) is 17.0 Å². The number of para-hydroxylation sites is 1. The number of rotatable bonds is 4. The van der Waals surface area contributed by atoms with E-state index in [9.17, 15) is 9.59 Å². The first-order valence-corrected chi connectivity index (χ1v) is 10.8. The number of carboxylic acids is 1. The molecule has 1 saturated heterocycles. The molecule has 0 amide bonds. The molecule has 0 bridgehead atoms. The van der Waals surface area contributed by atoms with Gasteiger partial charge < -0.3 is 9.84 Å². The lowest BCUT2D eigenvalue weighted by Crippen LogP contribution is -2.50. The minimum absolute atomic E-state index is 0.0569. The Kier molecular flexibility index (Phi) is 5.23. The van der Waals surface area contributed by atoms with E-state index in [1.165, 1.54) is 6.08 Å². The Balaban J connectivity index is 1.26. The Bertz CT molecular complexity index is 1230. The largest absolute Gasteiger partial charge is 0.486 e. The summed E-state index contributed by atoms with van der Waals surface area (Å²) in [6, 6.07) is 17.6. The van der Waals surface area contributed by atoms with E-state index in [1.807, 2.05) is 18.2 Å². The molecule has 162 valence electrons. The van der Waals surface area contributed by atoms with Crippen LogP contribution in [0.5, 0.6) is 5.75 Å². The predicted octanol–water partition coefficient (Wildman–Crippen LogP) is 4.33. The van der Waals surface area contributed by atoms with E-state index in [1.54, 1.807) is 18.2 Å². The number of carbonyl (C=O) groups excluding carboxylic acids is 1. The molecule has 32 heavy (non-hydrogen) atoms. The third-order valence-corrected chi connectivity index (χ3v) is 6.34. The summed E-state index contributed by atoms with van der Waals surface area (Å²) in [5, 5.41) is 9.95. The molecule has 0 aliphatic carbocycles. The number of aliphatic carboxylic acids is 1. The highest BCUT2D eigenvalue weighted by Crippen LogP contribution is 2.40. The van der Waals surface area contributed by atoms with E-state index in [2.05, 4.69) is 23.1 Å². The van der Waals surface area contributed by atoms with Crippen LogP contribution in [0, 0.1) is 0 Å². The number of ketones is 1. The number of likely N-dealkylation sites (tertiary alicyclic amines) is 1. The Morgan fingerprint density at radius 2 is 1.94 bits per heavy atom. The van der Waals surface area contributed by atoms with Gasteiger partial charge in [0.05, 0.1) is 23.2 Å². The van der Waals surface area contributed by atoms with Gasteiger partial charge in [0.1, 0.15) is 11.4 Å². The van der Waals surface area contributed by atoms with Crippen molar-refractivity contribution in [2.45, 2.75) is 31.4 Å².